The molecule has 0 aliphatic rings. The maximum atomic E-state index is 4.13. The lowest BCUT2D eigenvalue weighted by Gasteiger charge is -2.01. The smallest absolute Gasteiger partial charge is 0.108 e. The highest BCUT2D eigenvalue weighted by atomic mass is 14.9. The summed E-state index contributed by atoms with van der Waals surface area (Å²) >= 11 is 0. The van der Waals surface area contributed by atoms with Crippen LogP contribution in [0.4, 0.5) is 0 Å². The second-order valence-corrected chi connectivity index (χ2v) is 2.28. The van der Waals surface area contributed by atoms with E-state index in [9.17, 15) is 0 Å². The molecule has 1 N–H and O–H groups in total. The third-order valence-corrected chi connectivity index (χ3v) is 1.60. The average Bonchev–Trinajstić information content (AvgIpc) is 2.37. The van der Waals surface area contributed by atoms with E-state index in [1.54, 1.807) is 6.20 Å². The van der Waals surface area contributed by atoms with Crippen molar-refractivity contribution in [3.05, 3.63) is 18.2 Å². The van der Waals surface area contributed by atoms with Gasteiger partial charge in [0, 0.05) is 18.3 Å². The Labute approximate surface area is 55.3 Å². The molecule has 0 radical (unpaired) electrons. The molecule has 0 aliphatic carbocycles. The van der Waals surface area contributed by atoms with E-state index >= 15 is 0 Å². The quantitative estimate of drug-likeness (QED) is 0.641. The van der Waals surface area contributed by atoms with Crippen molar-refractivity contribution in [2.45, 2.75) is 26.2 Å². The minimum absolute atomic E-state index is 0.569. The fourth-order valence-corrected chi connectivity index (χ4v) is 0.740. The Kier molecular flexibility index (Phi) is 1.88. The number of nitrogens with zero attached hydrogens (tertiary/aromatic N) is 1. The van der Waals surface area contributed by atoms with Gasteiger partial charge in [-0.25, -0.2) is 4.98 Å². The van der Waals surface area contributed by atoms with Crippen molar-refractivity contribution in [2.75, 3.05) is 0 Å². The van der Waals surface area contributed by atoms with Crippen molar-refractivity contribution in [3.63, 3.8) is 0 Å². The summed E-state index contributed by atoms with van der Waals surface area (Å²) in [5.74, 6) is 1.66. The van der Waals surface area contributed by atoms with Crippen molar-refractivity contribution in [1.29, 1.82) is 0 Å². The summed E-state index contributed by atoms with van der Waals surface area (Å²) in [6, 6.07) is 0. The molecule has 1 unspecified atom stereocenters. The Balaban J connectivity index is 2.65. The van der Waals surface area contributed by atoms with E-state index < -0.39 is 0 Å². The van der Waals surface area contributed by atoms with Crippen LogP contribution in [0.5, 0.6) is 0 Å². The fourth-order valence-electron chi connectivity index (χ4n) is 0.740. The van der Waals surface area contributed by atoms with Crippen molar-refractivity contribution >= 4 is 0 Å². The summed E-state index contributed by atoms with van der Waals surface area (Å²) in [5, 5.41) is 0. The lowest BCUT2D eigenvalue weighted by Crippen LogP contribution is -1.92. The van der Waals surface area contributed by atoms with Gasteiger partial charge in [0.25, 0.3) is 0 Å². The van der Waals surface area contributed by atoms with Crippen LogP contribution in [0.2, 0.25) is 0 Å². The number of aromatic amines is 1. The Morgan fingerprint density at radius 2 is 2.56 bits per heavy atom. The van der Waals surface area contributed by atoms with Gasteiger partial charge < -0.3 is 4.98 Å². The highest BCUT2D eigenvalue weighted by Crippen LogP contribution is 2.12. The van der Waals surface area contributed by atoms with Gasteiger partial charge in [-0.2, -0.15) is 0 Å². The Morgan fingerprint density at radius 3 is 3.00 bits per heavy atom. The second-order valence-electron chi connectivity index (χ2n) is 2.28. The molecule has 1 aromatic heterocycles. The van der Waals surface area contributed by atoms with Crippen LogP contribution in [0.25, 0.3) is 0 Å². The summed E-state index contributed by atoms with van der Waals surface area (Å²) in [5.41, 5.74) is 0. The maximum absolute atomic E-state index is 4.13. The number of aromatic nitrogens is 2. The number of hydrogen-bond donors (Lipinski definition) is 1. The monoisotopic (exact) mass is 124 g/mol. The van der Waals surface area contributed by atoms with Gasteiger partial charge in [0.05, 0.1) is 0 Å². The van der Waals surface area contributed by atoms with E-state index in [2.05, 4.69) is 23.8 Å². The Morgan fingerprint density at radius 1 is 1.78 bits per heavy atom. The minimum atomic E-state index is 0.569. The van der Waals surface area contributed by atoms with Crippen LogP contribution in [-0.4, -0.2) is 9.97 Å². The van der Waals surface area contributed by atoms with Crippen LogP contribution >= 0.6 is 0 Å². The zero-order chi connectivity index (χ0) is 6.69. The molecular weight excluding hydrogens is 112 g/mol. The molecule has 0 amide bonds. The van der Waals surface area contributed by atoms with Crippen LogP contribution in [0.3, 0.4) is 0 Å². The van der Waals surface area contributed by atoms with E-state index in [0.29, 0.717) is 5.92 Å². The number of imidazole rings is 1. The molecular formula is C7H12N2. The fraction of sp³-hybridized carbons (Fsp3) is 0.571. The van der Waals surface area contributed by atoms with Gasteiger partial charge in [0.15, 0.2) is 0 Å². The van der Waals surface area contributed by atoms with Gasteiger partial charge in [0.1, 0.15) is 5.82 Å². The third-order valence-electron chi connectivity index (χ3n) is 1.60. The van der Waals surface area contributed by atoms with Crippen molar-refractivity contribution in [1.82, 2.24) is 9.97 Å². The van der Waals surface area contributed by atoms with Crippen molar-refractivity contribution in [2.24, 2.45) is 0 Å². The maximum Gasteiger partial charge on any atom is 0.108 e. The zero-order valence-electron chi connectivity index (χ0n) is 5.89. The molecule has 1 aromatic rings. The first-order chi connectivity index (χ1) is 4.34. The van der Waals surface area contributed by atoms with Crippen LogP contribution in [0.15, 0.2) is 12.4 Å². The van der Waals surface area contributed by atoms with Crippen LogP contribution < -0.4 is 0 Å². The Hall–Kier alpha value is -0.790. The number of hydrogen-bond acceptors (Lipinski definition) is 1. The van der Waals surface area contributed by atoms with Crippen molar-refractivity contribution in [3.8, 4) is 0 Å². The third kappa shape index (κ3) is 1.31. The largest absolute Gasteiger partial charge is 0.348 e. The predicted molar refractivity (Wildman–Crippen MR) is 37.3 cm³/mol. The number of nitrogens with one attached hydrogen (secondary N) is 1. The van der Waals surface area contributed by atoms with Crippen LogP contribution in [-0.2, 0) is 0 Å². The predicted octanol–water partition coefficient (Wildman–Crippen LogP) is 1.92. The molecule has 50 valence electrons. The molecule has 0 aliphatic heterocycles. The SMILES string of the molecule is CCC(C)c1ncc[nH]1. The molecule has 0 saturated carbocycles. The topological polar surface area (TPSA) is 28.7 Å². The Bertz CT molecular complexity index is 155. The number of H-pyrrole nitrogens is 1. The summed E-state index contributed by atoms with van der Waals surface area (Å²) < 4.78 is 0. The molecule has 0 spiro atoms. The van der Waals surface area contributed by atoms with Gasteiger partial charge in [-0.05, 0) is 6.42 Å². The highest BCUT2D eigenvalue weighted by Gasteiger charge is 2.02. The van der Waals surface area contributed by atoms with Gasteiger partial charge in [0.2, 0.25) is 0 Å². The molecule has 0 fully saturated rings. The minimum Gasteiger partial charge on any atom is -0.348 e. The van der Waals surface area contributed by atoms with Gasteiger partial charge in [-0.15, -0.1) is 0 Å². The summed E-state index contributed by atoms with van der Waals surface area (Å²) in [4.78, 5) is 7.21. The lowest BCUT2D eigenvalue weighted by molar-refractivity contribution is 0.689. The lowest BCUT2D eigenvalue weighted by atomic mass is 10.1. The van der Waals surface area contributed by atoms with E-state index in [4.69, 9.17) is 0 Å². The summed E-state index contributed by atoms with van der Waals surface area (Å²) in [6.45, 7) is 4.33. The molecule has 9 heavy (non-hydrogen) atoms. The van der Waals surface area contributed by atoms with E-state index in [-0.39, 0.29) is 0 Å². The summed E-state index contributed by atoms with van der Waals surface area (Å²) in [7, 11) is 0. The highest BCUT2D eigenvalue weighted by molar-refractivity contribution is 4.93. The summed E-state index contributed by atoms with van der Waals surface area (Å²) in [6.07, 6.45) is 4.80. The van der Waals surface area contributed by atoms with E-state index in [0.717, 1.165) is 12.2 Å². The van der Waals surface area contributed by atoms with Crippen LogP contribution in [0.1, 0.15) is 32.0 Å². The normalized spacial score (nSPS) is 13.6. The average molecular weight is 124 g/mol. The van der Waals surface area contributed by atoms with Crippen molar-refractivity contribution < 1.29 is 0 Å². The molecule has 2 heteroatoms. The molecule has 1 rings (SSSR count). The standard InChI is InChI=1S/C7H12N2/c1-3-6(2)7-8-4-5-9-7/h4-6H,3H2,1-2H3,(H,8,9). The first-order valence-corrected chi connectivity index (χ1v) is 3.34. The van der Waals surface area contributed by atoms with Crippen LogP contribution in [0, 0.1) is 0 Å². The first-order valence-electron chi connectivity index (χ1n) is 3.34. The molecule has 0 aromatic carbocycles. The number of rotatable bonds is 2. The van der Waals surface area contributed by atoms with Gasteiger partial charge in [-0.1, -0.05) is 13.8 Å². The molecule has 1 atom stereocenters. The second kappa shape index (κ2) is 2.67. The van der Waals surface area contributed by atoms with Gasteiger partial charge >= 0.3 is 0 Å². The molecule has 2 nitrogen and oxygen atoms in total. The molecule has 0 bridgehead atoms. The van der Waals surface area contributed by atoms with Gasteiger partial charge in [-0.3, -0.25) is 0 Å². The van der Waals surface area contributed by atoms with E-state index in [1.165, 1.54) is 0 Å². The molecule has 0 saturated heterocycles. The molecule has 1 heterocycles. The first kappa shape index (κ1) is 6.33. The zero-order valence-corrected chi connectivity index (χ0v) is 5.89. The van der Waals surface area contributed by atoms with E-state index in [1.807, 2.05) is 6.20 Å².